The molecule has 0 bridgehead atoms. The van der Waals surface area contributed by atoms with Gasteiger partial charge in [0.15, 0.2) is 0 Å². The Morgan fingerprint density at radius 1 is 0.969 bits per heavy atom. The number of ether oxygens (including phenoxy) is 1. The topological polar surface area (TPSA) is 33.0 Å². The molecule has 0 heterocycles. The van der Waals surface area contributed by atoms with E-state index >= 15 is 0 Å². The summed E-state index contributed by atoms with van der Waals surface area (Å²) in [7, 11) is 0. The first-order valence-corrected chi connectivity index (χ1v) is 11.4. The molecule has 0 aliphatic heterocycles. The molecule has 0 N–H and O–H groups in total. The van der Waals surface area contributed by atoms with Crippen molar-refractivity contribution in [2.24, 2.45) is 11.8 Å². The van der Waals surface area contributed by atoms with E-state index in [0.29, 0.717) is 18.1 Å². The number of nitrogens with zero attached hydrogens (tertiary/aromatic N) is 1. The summed E-state index contributed by atoms with van der Waals surface area (Å²) in [5.74, 6) is -1.60. The highest BCUT2D eigenvalue weighted by Crippen LogP contribution is 2.35. The van der Waals surface area contributed by atoms with E-state index in [4.69, 9.17) is 5.26 Å². The van der Waals surface area contributed by atoms with Gasteiger partial charge in [-0.3, -0.25) is 0 Å². The smallest absolute Gasteiger partial charge is 0.426 e. The van der Waals surface area contributed by atoms with Gasteiger partial charge in [0.05, 0.1) is 5.56 Å². The lowest BCUT2D eigenvalue weighted by Crippen LogP contribution is -2.22. The second-order valence-electron chi connectivity index (χ2n) is 8.76. The van der Waals surface area contributed by atoms with E-state index in [-0.39, 0.29) is 0 Å². The monoisotopic (exact) mass is 447 g/mol. The van der Waals surface area contributed by atoms with Gasteiger partial charge in [-0.15, -0.1) is 0 Å². The number of hydrogen-bond acceptors (Lipinski definition) is 2. The summed E-state index contributed by atoms with van der Waals surface area (Å²) in [5.41, 5.74) is -0.254. The summed E-state index contributed by atoms with van der Waals surface area (Å²) in [5, 5.41) is 8.68. The predicted molar refractivity (Wildman–Crippen MR) is 115 cm³/mol. The molecule has 3 rings (SSSR count). The summed E-state index contributed by atoms with van der Waals surface area (Å²) in [6.07, 6.45) is 7.11. The molecule has 0 aromatic heterocycles. The molecule has 0 amide bonds. The molecule has 1 saturated carbocycles. The van der Waals surface area contributed by atoms with Crippen LogP contribution >= 0.6 is 0 Å². The maximum Gasteiger partial charge on any atom is 0.426 e. The molecule has 2 aromatic carbocycles. The van der Waals surface area contributed by atoms with Gasteiger partial charge in [-0.25, -0.2) is 8.78 Å². The molecular formula is C26H29F4NO. The van der Waals surface area contributed by atoms with Crippen LogP contribution in [0.2, 0.25) is 0 Å². The summed E-state index contributed by atoms with van der Waals surface area (Å²) >= 11 is 0. The van der Waals surface area contributed by atoms with Crippen LogP contribution in [-0.4, -0.2) is 0 Å². The molecule has 6 heteroatoms. The summed E-state index contributed by atoms with van der Waals surface area (Å²) in [6.45, 7) is 2.23. The molecule has 0 spiro atoms. The van der Waals surface area contributed by atoms with Crippen LogP contribution in [0.3, 0.4) is 0 Å². The van der Waals surface area contributed by atoms with Gasteiger partial charge in [0.1, 0.15) is 29.0 Å². The molecule has 0 unspecified atom stereocenters. The molecule has 2 nitrogen and oxygen atoms in total. The third-order valence-corrected chi connectivity index (χ3v) is 6.44. The van der Waals surface area contributed by atoms with Crippen LogP contribution in [0, 0.1) is 34.8 Å². The van der Waals surface area contributed by atoms with Crippen LogP contribution in [0.4, 0.5) is 17.6 Å². The van der Waals surface area contributed by atoms with Crippen molar-refractivity contribution in [1.29, 1.82) is 5.26 Å². The van der Waals surface area contributed by atoms with E-state index < -0.39 is 34.6 Å². The lowest BCUT2D eigenvalue weighted by atomic mass is 9.78. The third-order valence-electron chi connectivity index (χ3n) is 6.44. The highest BCUT2D eigenvalue weighted by atomic mass is 19.3. The minimum atomic E-state index is -3.76. The Morgan fingerprint density at radius 2 is 1.53 bits per heavy atom. The zero-order valence-electron chi connectivity index (χ0n) is 18.4. The van der Waals surface area contributed by atoms with Crippen LogP contribution in [0.5, 0.6) is 5.75 Å². The van der Waals surface area contributed by atoms with Crippen LogP contribution < -0.4 is 4.74 Å². The van der Waals surface area contributed by atoms with Gasteiger partial charge in [-0.05, 0) is 42.4 Å². The van der Waals surface area contributed by atoms with E-state index in [0.717, 1.165) is 24.3 Å². The van der Waals surface area contributed by atoms with Gasteiger partial charge < -0.3 is 4.74 Å². The van der Waals surface area contributed by atoms with Crippen molar-refractivity contribution >= 4 is 0 Å². The molecule has 1 fully saturated rings. The predicted octanol–water partition coefficient (Wildman–Crippen LogP) is 7.89. The average Bonchev–Trinajstić information content (AvgIpc) is 2.77. The molecule has 1 aliphatic carbocycles. The Morgan fingerprint density at radius 3 is 2.06 bits per heavy atom. The first kappa shape index (κ1) is 24.1. The fourth-order valence-electron chi connectivity index (χ4n) is 4.46. The van der Waals surface area contributed by atoms with Gasteiger partial charge in [0.2, 0.25) is 0 Å². The Balaban J connectivity index is 1.54. The van der Waals surface area contributed by atoms with Gasteiger partial charge in [0.25, 0.3) is 0 Å². The number of aryl methyl sites for hydroxylation is 1. The highest BCUT2D eigenvalue weighted by molar-refractivity contribution is 5.38. The van der Waals surface area contributed by atoms with E-state index in [1.165, 1.54) is 63.1 Å². The highest BCUT2D eigenvalue weighted by Gasteiger charge is 2.35. The number of hydrogen-bond donors (Lipinski definition) is 0. The van der Waals surface area contributed by atoms with Crippen molar-refractivity contribution in [3.05, 3.63) is 64.7 Å². The summed E-state index contributed by atoms with van der Waals surface area (Å²) < 4.78 is 60.9. The van der Waals surface area contributed by atoms with Crippen molar-refractivity contribution in [3.8, 4) is 11.8 Å². The lowest BCUT2D eigenvalue weighted by Gasteiger charge is -2.28. The quantitative estimate of drug-likeness (QED) is 0.366. The maximum absolute atomic E-state index is 14.5. The summed E-state index contributed by atoms with van der Waals surface area (Å²) in [6, 6.07) is 8.39. The molecule has 2 aromatic rings. The number of unbranched alkanes of at least 4 members (excludes halogenated alkanes) is 1. The van der Waals surface area contributed by atoms with E-state index in [2.05, 4.69) is 11.7 Å². The van der Waals surface area contributed by atoms with Crippen LogP contribution in [0.15, 0.2) is 36.4 Å². The second-order valence-corrected chi connectivity index (χ2v) is 8.76. The van der Waals surface area contributed by atoms with E-state index in [1.54, 1.807) is 12.1 Å². The fraction of sp³-hybridized carbons (Fsp3) is 0.500. The van der Waals surface area contributed by atoms with Crippen molar-refractivity contribution in [3.63, 3.8) is 0 Å². The molecular weight excluding hydrogens is 418 g/mol. The number of benzene rings is 2. The molecule has 0 saturated heterocycles. The largest absolute Gasteiger partial charge is 0.429 e. The van der Waals surface area contributed by atoms with Crippen LogP contribution in [0.25, 0.3) is 0 Å². The minimum absolute atomic E-state index is 0.400. The van der Waals surface area contributed by atoms with E-state index in [9.17, 15) is 17.6 Å². The lowest BCUT2D eigenvalue weighted by molar-refractivity contribution is -0.185. The molecule has 172 valence electrons. The number of halogens is 4. The maximum atomic E-state index is 14.5. The van der Waals surface area contributed by atoms with Crippen LogP contribution in [-0.2, 0) is 12.5 Å². The number of nitriles is 1. The number of alkyl halides is 2. The summed E-state index contributed by atoms with van der Waals surface area (Å²) in [4.78, 5) is 0. The molecule has 0 atom stereocenters. The van der Waals surface area contributed by atoms with Crippen molar-refractivity contribution < 1.29 is 22.3 Å². The molecule has 0 radical (unpaired) electrons. The van der Waals surface area contributed by atoms with Crippen molar-refractivity contribution in [1.82, 2.24) is 0 Å². The number of rotatable bonds is 9. The Bertz CT molecular complexity index is 905. The standard InChI is InChI=1S/C26H29F4NO/c1-2-3-4-18-5-7-19(8-6-18)9-10-20-11-13-21(14-12-20)26(29,30)32-22-15-24(27)23(17-31)25(28)16-22/h11-16,18-19H,2-10H2,1H3. The van der Waals surface area contributed by atoms with Gasteiger partial charge >= 0.3 is 6.11 Å². The first-order chi connectivity index (χ1) is 15.3. The van der Waals surface area contributed by atoms with Gasteiger partial charge in [-0.2, -0.15) is 14.0 Å². The normalized spacial score (nSPS) is 18.9. The average molecular weight is 448 g/mol. The first-order valence-electron chi connectivity index (χ1n) is 11.4. The van der Waals surface area contributed by atoms with Crippen molar-refractivity contribution in [2.45, 2.75) is 70.8 Å². The van der Waals surface area contributed by atoms with E-state index in [1.807, 2.05) is 0 Å². The van der Waals surface area contributed by atoms with Gasteiger partial charge in [-0.1, -0.05) is 64.0 Å². The van der Waals surface area contributed by atoms with Gasteiger partial charge in [0, 0.05) is 12.1 Å². The Labute approximate surface area is 187 Å². The zero-order valence-corrected chi connectivity index (χ0v) is 18.4. The Kier molecular flexibility index (Phi) is 8.17. The fourth-order valence-corrected chi connectivity index (χ4v) is 4.46. The molecule has 32 heavy (non-hydrogen) atoms. The SMILES string of the molecule is CCCCC1CCC(CCc2ccc(C(F)(F)Oc3cc(F)c(C#N)c(F)c3)cc2)CC1. The molecule has 1 aliphatic rings. The van der Waals surface area contributed by atoms with Crippen LogP contribution in [0.1, 0.15) is 75.0 Å². The minimum Gasteiger partial charge on any atom is -0.429 e. The second kappa shape index (κ2) is 10.8. The third kappa shape index (κ3) is 6.25. The van der Waals surface area contributed by atoms with Crippen molar-refractivity contribution in [2.75, 3.05) is 0 Å². The Hall–Kier alpha value is -2.55. The zero-order chi connectivity index (χ0) is 23.1.